The highest BCUT2D eigenvalue weighted by molar-refractivity contribution is 5.79. The lowest BCUT2D eigenvalue weighted by atomic mass is 9.85. The zero-order valence-corrected chi connectivity index (χ0v) is 9.21. The van der Waals surface area contributed by atoms with Gasteiger partial charge in [0.25, 0.3) is 0 Å². The summed E-state index contributed by atoms with van der Waals surface area (Å²) in [5.74, 6) is 7.49. The number of hydrogen-bond donors (Lipinski definition) is 3. The van der Waals surface area contributed by atoms with Crippen molar-refractivity contribution in [3.63, 3.8) is 0 Å². The number of nitrogens with one attached hydrogen (secondary N) is 2. The van der Waals surface area contributed by atoms with Crippen LogP contribution in [0.1, 0.15) is 33.1 Å². The molecule has 0 aromatic carbocycles. The summed E-state index contributed by atoms with van der Waals surface area (Å²) in [6.45, 7) is 6.10. The summed E-state index contributed by atoms with van der Waals surface area (Å²) in [5.41, 5.74) is 2.60. The second-order valence-corrected chi connectivity index (χ2v) is 4.41. The van der Waals surface area contributed by atoms with Crippen LogP contribution in [0.3, 0.4) is 0 Å². The molecule has 1 aliphatic rings. The molecule has 0 atom stereocenters. The molecule has 0 spiro atoms. The fourth-order valence-electron chi connectivity index (χ4n) is 1.36. The van der Waals surface area contributed by atoms with Gasteiger partial charge in [0.1, 0.15) is 0 Å². The first-order chi connectivity index (χ1) is 6.72. The molecule has 4 heteroatoms. The van der Waals surface area contributed by atoms with E-state index in [2.05, 4.69) is 29.6 Å². The first kappa shape index (κ1) is 11.3. The van der Waals surface area contributed by atoms with Gasteiger partial charge in [-0.2, -0.15) is 0 Å². The van der Waals surface area contributed by atoms with Crippen LogP contribution < -0.4 is 16.6 Å². The minimum Gasteiger partial charge on any atom is -0.355 e. The molecule has 0 aromatic heterocycles. The molecule has 1 rings (SSSR count). The summed E-state index contributed by atoms with van der Waals surface area (Å²) in [7, 11) is 0. The largest absolute Gasteiger partial charge is 0.355 e. The zero-order chi connectivity index (χ0) is 10.4. The lowest BCUT2D eigenvalue weighted by Crippen LogP contribution is -2.44. The Morgan fingerprint density at radius 2 is 2.21 bits per heavy atom. The van der Waals surface area contributed by atoms with E-state index in [4.69, 9.17) is 5.84 Å². The lowest BCUT2D eigenvalue weighted by Gasteiger charge is -2.26. The fraction of sp³-hybridized carbons (Fsp3) is 0.900. The predicted molar refractivity (Wildman–Crippen MR) is 59.8 cm³/mol. The van der Waals surface area contributed by atoms with Crippen molar-refractivity contribution in [2.75, 3.05) is 13.1 Å². The molecule has 0 amide bonds. The molecule has 14 heavy (non-hydrogen) atoms. The smallest absolute Gasteiger partial charge is 0.205 e. The molecule has 0 saturated heterocycles. The van der Waals surface area contributed by atoms with Crippen LogP contribution in [0.2, 0.25) is 0 Å². The van der Waals surface area contributed by atoms with E-state index in [1.54, 1.807) is 0 Å². The molecule has 0 unspecified atom stereocenters. The van der Waals surface area contributed by atoms with E-state index in [0.717, 1.165) is 25.0 Å². The SMILES string of the molecule is CC(C)CN=C(NN)NCC1CCC1. The zero-order valence-electron chi connectivity index (χ0n) is 9.21. The summed E-state index contributed by atoms with van der Waals surface area (Å²) in [6.07, 6.45) is 4.06. The van der Waals surface area contributed by atoms with Crippen LogP contribution >= 0.6 is 0 Å². The third-order valence-electron chi connectivity index (χ3n) is 2.53. The Morgan fingerprint density at radius 3 is 2.64 bits per heavy atom. The molecule has 4 nitrogen and oxygen atoms in total. The molecular weight excluding hydrogens is 176 g/mol. The van der Waals surface area contributed by atoms with E-state index in [1.165, 1.54) is 19.3 Å². The van der Waals surface area contributed by atoms with Gasteiger partial charge in [-0.3, -0.25) is 10.4 Å². The minimum absolute atomic E-state index is 0.573. The summed E-state index contributed by atoms with van der Waals surface area (Å²) < 4.78 is 0. The topological polar surface area (TPSA) is 62.4 Å². The van der Waals surface area contributed by atoms with Gasteiger partial charge in [0, 0.05) is 13.1 Å². The Balaban J connectivity index is 2.19. The van der Waals surface area contributed by atoms with Gasteiger partial charge in [-0.15, -0.1) is 0 Å². The van der Waals surface area contributed by atoms with Crippen molar-refractivity contribution in [2.24, 2.45) is 22.7 Å². The number of nitrogens with zero attached hydrogens (tertiary/aromatic N) is 1. The maximum atomic E-state index is 5.36. The van der Waals surface area contributed by atoms with E-state index in [1.807, 2.05) is 0 Å². The average molecular weight is 198 g/mol. The Bertz CT molecular complexity index is 185. The minimum atomic E-state index is 0.573. The van der Waals surface area contributed by atoms with E-state index >= 15 is 0 Å². The highest BCUT2D eigenvalue weighted by Gasteiger charge is 2.16. The molecule has 0 bridgehead atoms. The van der Waals surface area contributed by atoms with Crippen molar-refractivity contribution >= 4 is 5.96 Å². The van der Waals surface area contributed by atoms with Gasteiger partial charge in [-0.05, 0) is 24.7 Å². The van der Waals surface area contributed by atoms with Crippen molar-refractivity contribution in [3.8, 4) is 0 Å². The van der Waals surface area contributed by atoms with Crippen molar-refractivity contribution in [3.05, 3.63) is 0 Å². The summed E-state index contributed by atoms with van der Waals surface area (Å²) in [6, 6.07) is 0. The molecular formula is C10H22N4. The van der Waals surface area contributed by atoms with Gasteiger partial charge >= 0.3 is 0 Å². The van der Waals surface area contributed by atoms with Gasteiger partial charge in [-0.1, -0.05) is 20.3 Å². The molecule has 0 aliphatic heterocycles. The molecule has 0 radical (unpaired) electrons. The monoisotopic (exact) mass is 198 g/mol. The van der Waals surface area contributed by atoms with Crippen molar-refractivity contribution in [2.45, 2.75) is 33.1 Å². The van der Waals surface area contributed by atoms with Crippen LogP contribution in [0.15, 0.2) is 4.99 Å². The third kappa shape index (κ3) is 3.96. The van der Waals surface area contributed by atoms with Gasteiger partial charge in [0.05, 0.1) is 0 Å². The number of nitrogens with two attached hydrogens (primary N) is 1. The van der Waals surface area contributed by atoms with Crippen LogP contribution in [0.5, 0.6) is 0 Å². The number of rotatable bonds is 4. The van der Waals surface area contributed by atoms with Crippen LogP contribution in [-0.2, 0) is 0 Å². The van der Waals surface area contributed by atoms with Gasteiger partial charge in [0.15, 0.2) is 0 Å². The first-order valence-electron chi connectivity index (χ1n) is 5.47. The van der Waals surface area contributed by atoms with Gasteiger partial charge in [0.2, 0.25) is 5.96 Å². The molecule has 1 aliphatic carbocycles. The van der Waals surface area contributed by atoms with E-state index in [0.29, 0.717) is 5.92 Å². The maximum Gasteiger partial charge on any atom is 0.205 e. The van der Waals surface area contributed by atoms with Crippen LogP contribution in [-0.4, -0.2) is 19.0 Å². The quantitative estimate of drug-likeness (QED) is 0.272. The molecule has 1 fully saturated rings. The highest BCUT2D eigenvalue weighted by Crippen LogP contribution is 2.24. The first-order valence-corrected chi connectivity index (χ1v) is 5.47. The van der Waals surface area contributed by atoms with Crippen molar-refractivity contribution in [1.82, 2.24) is 10.7 Å². The second kappa shape index (κ2) is 5.86. The summed E-state index contributed by atoms with van der Waals surface area (Å²) in [5, 5.41) is 3.24. The van der Waals surface area contributed by atoms with Gasteiger partial charge < -0.3 is 5.32 Å². The highest BCUT2D eigenvalue weighted by atomic mass is 15.3. The normalized spacial score (nSPS) is 18.1. The Kier molecular flexibility index (Phi) is 4.73. The maximum absolute atomic E-state index is 5.36. The van der Waals surface area contributed by atoms with E-state index in [9.17, 15) is 0 Å². The lowest BCUT2D eigenvalue weighted by molar-refractivity contribution is 0.314. The molecule has 1 saturated carbocycles. The molecule has 82 valence electrons. The summed E-state index contributed by atoms with van der Waals surface area (Å²) in [4.78, 5) is 4.34. The van der Waals surface area contributed by atoms with E-state index in [-0.39, 0.29) is 0 Å². The van der Waals surface area contributed by atoms with Crippen LogP contribution in [0, 0.1) is 11.8 Å². The van der Waals surface area contributed by atoms with Crippen LogP contribution in [0.4, 0.5) is 0 Å². The number of hydrazine groups is 1. The standard InChI is InChI=1S/C10H22N4/c1-8(2)6-12-10(14-11)13-7-9-4-3-5-9/h8-9H,3-7,11H2,1-2H3,(H2,12,13,14). The Labute approximate surface area is 86.3 Å². The predicted octanol–water partition coefficient (Wildman–Crippen LogP) is 0.851. The van der Waals surface area contributed by atoms with Crippen molar-refractivity contribution in [1.29, 1.82) is 0 Å². The molecule has 0 heterocycles. The summed E-state index contributed by atoms with van der Waals surface area (Å²) >= 11 is 0. The Hall–Kier alpha value is -0.770. The molecule has 4 N–H and O–H groups in total. The average Bonchev–Trinajstić information content (AvgIpc) is 2.07. The van der Waals surface area contributed by atoms with Crippen molar-refractivity contribution < 1.29 is 0 Å². The van der Waals surface area contributed by atoms with Crippen LogP contribution in [0.25, 0.3) is 0 Å². The van der Waals surface area contributed by atoms with Gasteiger partial charge in [-0.25, -0.2) is 5.84 Å². The second-order valence-electron chi connectivity index (χ2n) is 4.41. The third-order valence-corrected chi connectivity index (χ3v) is 2.53. The Morgan fingerprint density at radius 1 is 1.50 bits per heavy atom. The number of guanidine groups is 1. The number of aliphatic imine (C=N–C) groups is 1. The fourth-order valence-corrected chi connectivity index (χ4v) is 1.36. The number of hydrogen-bond acceptors (Lipinski definition) is 2. The molecule has 0 aromatic rings. The van der Waals surface area contributed by atoms with E-state index < -0.39 is 0 Å².